The standard InChI is InChI=1S/C14H23N3O/c1-10(2)17(9-13(16)18)14(11(3)15)12-7-5-4-6-8-12/h4-8,10-11,14H,9,15H2,1-3H3,(H2,16,18). The number of nitrogens with two attached hydrogens (primary N) is 2. The van der Waals surface area contributed by atoms with Crippen LogP contribution in [0.4, 0.5) is 0 Å². The second-order valence-electron chi connectivity index (χ2n) is 4.95. The van der Waals surface area contributed by atoms with E-state index in [-0.39, 0.29) is 30.6 Å². The molecule has 0 saturated heterocycles. The Morgan fingerprint density at radius 2 is 1.78 bits per heavy atom. The van der Waals surface area contributed by atoms with Crippen molar-refractivity contribution in [2.45, 2.75) is 38.9 Å². The molecular weight excluding hydrogens is 226 g/mol. The van der Waals surface area contributed by atoms with Gasteiger partial charge in [-0.3, -0.25) is 9.69 Å². The number of primary amides is 1. The topological polar surface area (TPSA) is 72.3 Å². The fourth-order valence-corrected chi connectivity index (χ4v) is 2.23. The maximum absolute atomic E-state index is 11.2. The van der Waals surface area contributed by atoms with Crippen molar-refractivity contribution < 1.29 is 4.79 Å². The van der Waals surface area contributed by atoms with E-state index in [9.17, 15) is 4.79 Å². The van der Waals surface area contributed by atoms with Crippen LogP contribution in [0.15, 0.2) is 30.3 Å². The Hall–Kier alpha value is -1.39. The van der Waals surface area contributed by atoms with E-state index >= 15 is 0 Å². The van der Waals surface area contributed by atoms with Crippen LogP contribution >= 0.6 is 0 Å². The lowest BCUT2D eigenvalue weighted by atomic mass is 9.98. The van der Waals surface area contributed by atoms with Gasteiger partial charge in [0.1, 0.15) is 0 Å². The van der Waals surface area contributed by atoms with Gasteiger partial charge in [0.25, 0.3) is 0 Å². The van der Waals surface area contributed by atoms with Gasteiger partial charge in [-0.15, -0.1) is 0 Å². The van der Waals surface area contributed by atoms with Crippen LogP contribution in [-0.4, -0.2) is 29.4 Å². The first-order chi connectivity index (χ1) is 8.43. The zero-order chi connectivity index (χ0) is 13.7. The van der Waals surface area contributed by atoms with Gasteiger partial charge in [-0.05, 0) is 26.3 Å². The first-order valence-electron chi connectivity index (χ1n) is 6.28. The Bertz CT molecular complexity index is 376. The van der Waals surface area contributed by atoms with Gasteiger partial charge in [-0.1, -0.05) is 30.3 Å². The molecule has 0 aliphatic carbocycles. The van der Waals surface area contributed by atoms with Gasteiger partial charge < -0.3 is 11.5 Å². The predicted octanol–water partition coefficient (Wildman–Crippen LogP) is 1.27. The van der Waals surface area contributed by atoms with Gasteiger partial charge in [0.2, 0.25) is 5.91 Å². The molecule has 2 atom stereocenters. The molecule has 4 N–H and O–H groups in total. The maximum Gasteiger partial charge on any atom is 0.231 e. The quantitative estimate of drug-likeness (QED) is 0.797. The van der Waals surface area contributed by atoms with E-state index in [0.29, 0.717) is 0 Å². The first-order valence-corrected chi connectivity index (χ1v) is 6.28. The van der Waals surface area contributed by atoms with Gasteiger partial charge in [-0.2, -0.15) is 0 Å². The molecule has 0 aliphatic rings. The monoisotopic (exact) mass is 249 g/mol. The lowest BCUT2D eigenvalue weighted by Gasteiger charge is -2.36. The largest absolute Gasteiger partial charge is 0.369 e. The summed E-state index contributed by atoms with van der Waals surface area (Å²) in [7, 11) is 0. The minimum atomic E-state index is -0.328. The van der Waals surface area contributed by atoms with Crippen LogP contribution in [0.25, 0.3) is 0 Å². The molecule has 18 heavy (non-hydrogen) atoms. The molecule has 1 aromatic carbocycles. The predicted molar refractivity (Wildman–Crippen MR) is 73.9 cm³/mol. The van der Waals surface area contributed by atoms with E-state index in [1.807, 2.05) is 56.0 Å². The molecule has 4 heteroatoms. The third kappa shape index (κ3) is 3.82. The van der Waals surface area contributed by atoms with Crippen LogP contribution in [0, 0.1) is 0 Å². The van der Waals surface area contributed by atoms with Crippen molar-refractivity contribution in [3.05, 3.63) is 35.9 Å². The highest BCUT2D eigenvalue weighted by Crippen LogP contribution is 2.25. The SMILES string of the molecule is CC(N)C(c1ccccc1)N(CC(N)=O)C(C)C. The zero-order valence-electron chi connectivity index (χ0n) is 11.3. The summed E-state index contributed by atoms with van der Waals surface area (Å²) in [4.78, 5) is 13.3. The summed E-state index contributed by atoms with van der Waals surface area (Å²) in [5.74, 6) is -0.328. The summed E-state index contributed by atoms with van der Waals surface area (Å²) in [5.41, 5.74) is 12.5. The normalized spacial score (nSPS) is 14.8. The summed E-state index contributed by atoms with van der Waals surface area (Å²) in [6.45, 7) is 6.26. The van der Waals surface area contributed by atoms with Crippen molar-refractivity contribution in [2.75, 3.05) is 6.54 Å². The molecule has 0 radical (unpaired) electrons. The number of carbonyl (C=O) groups is 1. The second-order valence-corrected chi connectivity index (χ2v) is 4.95. The Labute approximate surface area is 109 Å². The maximum atomic E-state index is 11.2. The number of nitrogens with zero attached hydrogens (tertiary/aromatic N) is 1. The van der Waals surface area contributed by atoms with Crippen molar-refractivity contribution in [2.24, 2.45) is 11.5 Å². The Morgan fingerprint density at radius 3 is 2.17 bits per heavy atom. The lowest BCUT2D eigenvalue weighted by Crippen LogP contribution is -2.46. The van der Waals surface area contributed by atoms with Gasteiger partial charge in [0, 0.05) is 12.1 Å². The molecule has 1 amide bonds. The smallest absolute Gasteiger partial charge is 0.231 e. The minimum absolute atomic E-state index is 0.00120. The van der Waals surface area contributed by atoms with E-state index in [0.717, 1.165) is 5.56 Å². The highest BCUT2D eigenvalue weighted by molar-refractivity contribution is 5.76. The van der Waals surface area contributed by atoms with E-state index < -0.39 is 0 Å². The third-order valence-corrected chi connectivity index (χ3v) is 3.00. The Kier molecular flexibility index (Phi) is 5.31. The molecule has 100 valence electrons. The van der Waals surface area contributed by atoms with E-state index in [4.69, 9.17) is 11.5 Å². The molecule has 0 spiro atoms. The van der Waals surface area contributed by atoms with Crippen LogP contribution in [0.5, 0.6) is 0 Å². The lowest BCUT2D eigenvalue weighted by molar-refractivity contribution is -0.120. The highest BCUT2D eigenvalue weighted by atomic mass is 16.1. The fourth-order valence-electron chi connectivity index (χ4n) is 2.23. The molecule has 2 unspecified atom stereocenters. The average molecular weight is 249 g/mol. The molecular formula is C14H23N3O. The summed E-state index contributed by atoms with van der Waals surface area (Å²) < 4.78 is 0. The van der Waals surface area contributed by atoms with Crippen LogP contribution in [0.1, 0.15) is 32.4 Å². The van der Waals surface area contributed by atoms with Crippen molar-refractivity contribution in [3.8, 4) is 0 Å². The molecule has 0 heterocycles. The van der Waals surface area contributed by atoms with Gasteiger partial charge in [0.15, 0.2) is 0 Å². The van der Waals surface area contributed by atoms with Gasteiger partial charge >= 0.3 is 0 Å². The summed E-state index contributed by atoms with van der Waals surface area (Å²) in [6, 6.07) is 10.1. The molecule has 0 saturated carbocycles. The highest BCUT2D eigenvalue weighted by Gasteiger charge is 2.27. The van der Waals surface area contributed by atoms with Crippen molar-refractivity contribution >= 4 is 5.91 Å². The molecule has 1 aromatic rings. The molecule has 0 aliphatic heterocycles. The third-order valence-electron chi connectivity index (χ3n) is 3.00. The number of benzene rings is 1. The number of carbonyl (C=O) groups excluding carboxylic acids is 1. The molecule has 1 rings (SSSR count). The summed E-state index contributed by atoms with van der Waals surface area (Å²) in [6.07, 6.45) is 0. The summed E-state index contributed by atoms with van der Waals surface area (Å²) in [5, 5.41) is 0. The Morgan fingerprint density at radius 1 is 1.22 bits per heavy atom. The second kappa shape index (κ2) is 6.52. The van der Waals surface area contributed by atoms with Crippen LogP contribution in [0.2, 0.25) is 0 Å². The van der Waals surface area contributed by atoms with Crippen molar-refractivity contribution in [1.29, 1.82) is 0 Å². The molecule has 0 fully saturated rings. The van der Waals surface area contributed by atoms with Gasteiger partial charge in [-0.25, -0.2) is 0 Å². The summed E-state index contributed by atoms with van der Waals surface area (Å²) >= 11 is 0. The zero-order valence-corrected chi connectivity index (χ0v) is 11.3. The molecule has 0 bridgehead atoms. The fraction of sp³-hybridized carbons (Fsp3) is 0.500. The van der Waals surface area contributed by atoms with E-state index in [1.54, 1.807) is 0 Å². The van der Waals surface area contributed by atoms with E-state index in [1.165, 1.54) is 0 Å². The minimum Gasteiger partial charge on any atom is -0.369 e. The van der Waals surface area contributed by atoms with Crippen molar-refractivity contribution in [1.82, 2.24) is 4.90 Å². The van der Waals surface area contributed by atoms with Crippen LogP contribution in [0.3, 0.4) is 0 Å². The average Bonchev–Trinajstić information content (AvgIpc) is 2.28. The number of amides is 1. The van der Waals surface area contributed by atoms with Gasteiger partial charge in [0.05, 0.1) is 12.6 Å². The van der Waals surface area contributed by atoms with Crippen molar-refractivity contribution in [3.63, 3.8) is 0 Å². The number of hydrogen-bond acceptors (Lipinski definition) is 3. The molecule has 4 nitrogen and oxygen atoms in total. The van der Waals surface area contributed by atoms with E-state index in [2.05, 4.69) is 0 Å². The molecule has 0 aromatic heterocycles. The van der Waals surface area contributed by atoms with Crippen LogP contribution in [-0.2, 0) is 4.79 Å². The number of rotatable bonds is 6. The number of hydrogen-bond donors (Lipinski definition) is 2. The Balaban J connectivity index is 3.05. The van der Waals surface area contributed by atoms with Crippen LogP contribution < -0.4 is 11.5 Å². The first kappa shape index (κ1) is 14.7.